The Labute approximate surface area is 162 Å². The van der Waals surface area contributed by atoms with Gasteiger partial charge in [0.1, 0.15) is 5.75 Å². The van der Waals surface area contributed by atoms with E-state index in [0.29, 0.717) is 10.6 Å². The second-order valence-corrected chi connectivity index (χ2v) is 6.04. The molecule has 0 saturated heterocycles. The summed E-state index contributed by atoms with van der Waals surface area (Å²) in [6, 6.07) is 7.41. The van der Waals surface area contributed by atoms with E-state index in [2.05, 4.69) is 14.6 Å². The number of nitrogens with zero attached hydrogens (tertiary/aromatic N) is 4. The molecular weight excluding hydrogens is 372 g/mol. The molecule has 0 radical (unpaired) electrons. The van der Waals surface area contributed by atoms with Crippen LogP contribution < -0.4 is 4.74 Å². The summed E-state index contributed by atoms with van der Waals surface area (Å²) in [5.74, 6) is 0.439. The van der Waals surface area contributed by atoms with Crippen molar-refractivity contribution >= 4 is 24.2 Å². The van der Waals surface area contributed by atoms with Gasteiger partial charge in [-0.25, -0.2) is 4.68 Å². The normalized spacial score (nSPS) is 10.7. The zero-order chi connectivity index (χ0) is 20.0. The fourth-order valence-corrected chi connectivity index (χ4v) is 2.60. The maximum absolute atomic E-state index is 11.6. The topological polar surface area (TPSA) is 87.8 Å². The summed E-state index contributed by atoms with van der Waals surface area (Å²) in [7, 11) is 5.97. The van der Waals surface area contributed by atoms with Gasteiger partial charge in [-0.2, -0.15) is 5.10 Å². The fourth-order valence-electron chi connectivity index (χ4n) is 2.41. The van der Waals surface area contributed by atoms with E-state index in [1.165, 1.54) is 19.1 Å². The molecule has 2 aromatic rings. The summed E-state index contributed by atoms with van der Waals surface area (Å²) in [4.78, 5) is 24.8. The van der Waals surface area contributed by atoms with Crippen LogP contribution in [0.25, 0.3) is 11.4 Å². The summed E-state index contributed by atoms with van der Waals surface area (Å²) in [6.07, 6.45) is 0. The van der Waals surface area contributed by atoms with Crippen LogP contribution in [0.4, 0.5) is 0 Å². The lowest BCUT2D eigenvalue weighted by Crippen LogP contribution is -2.37. The minimum atomic E-state index is -0.475. The maximum atomic E-state index is 11.6. The van der Waals surface area contributed by atoms with Crippen LogP contribution in [0.2, 0.25) is 0 Å². The SMILES string of the molecule is COC(=O)CN(CC(=O)OC)Cn1nc(-c2ccc(OC)cc2)n(C)c1=S. The van der Waals surface area contributed by atoms with Gasteiger partial charge >= 0.3 is 11.9 Å². The lowest BCUT2D eigenvalue weighted by atomic mass is 10.2. The first-order valence-electron chi connectivity index (χ1n) is 8.03. The van der Waals surface area contributed by atoms with E-state index < -0.39 is 11.9 Å². The molecule has 0 atom stereocenters. The number of esters is 2. The van der Waals surface area contributed by atoms with Gasteiger partial charge in [0.2, 0.25) is 0 Å². The van der Waals surface area contributed by atoms with Crippen LogP contribution in [0.3, 0.4) is 0 Å². The summed E-state index contributed by atoms with van der Waals surface area (Å²) in [5.41, 5.74) is 0.857. The van der Waals surface area contributed by atoms with E-state index >= 15 is 0 Å². The van der Waals surface area contributed by atoms with Crippen molar-refractivity contribution in [1.29, 1.82) is 0 Å². The summed E-state index contributed by atoms with van der Waals surface area (Å²) < 4.78 is 18.3. The van der Waals surface area contributed by atoms with Crippen molar-refractivity contribution < 1.29 is 23.8 Å². The molecule has 146 valence electrons. The third kappa shape index (κ3) is 5.14. The van der Waals surface area contributed by atoms with Crippen molar-refractivity contribution in [3.63, 3.8) is 0 Å². The van der Waals surface area contributed by atoms with E-state index in [4.69, 9.17) is 17.0 Å². The van der Waals surface area contributed by atoms with Gasteiger partial charge in [-0.15, -0.1) is 0 Å². The number of methoxy groups -OCH3 is 3. The molecule has 0 unspecified atom stereocenters. The average Bonchev–Trinajstić information content (AvgIpc) is 2.96. The van der Waals surface area contributed by atoms with Crippen LogP contribution in [-0.4, -0.2) is 65.6 Å². The molecule has 1 aromatic heterocycles. The number of hydrogen-bond acceptors (Lipinski definition) is 8. The predicted octanol–water partition coefficient (Wildman–Crippen LogP) is 1.23. The molecule has 1 heterocycles. The molecule has 1 aromatic carbocycles. The zero-order valence-corrected chi connectivity index (χ0v) is 16.5. The van der Waals surface area contributed by atoms with Crippen molar-refractivity contribution in [2.45, 2.75) is 6.67 Å². The molecule has 2 rings (SSSR count). The molecular formula is C17H22N4O5S. The van der Waals surface area contributed by atoms with Gasteiger partial charge in [0, 0.05) is 12.6 Å². The standard InChI is InChI=1S/C17H22N4O5S/c1-19-16(12-5-7-13(24-2)8-6-12)18-21(17(19)27)11-20(9-14(22)25-3)10-15(23)26-4/h5-8H,9-11H2,1-4H3. The smallest absolute Gasteiger partial charge is 0.319 e. The maximum Gasteiger partial charge on any atom is 0.319 e. The third-order valence-corrected chi connectivity index (χ3v) is 4.37. The molecule has 0 aliphatic rings. The van der Waals surface area contributed by atoms with Gasteiger partial charge in [-0.1, -0.05) is 0 Å². The molecule has 0 aliphatic carbocycles. The van der Waals surface area contributed by atoms with Gasteiger partial charge in [-0.05, 0) is 36.5 Å². The van der Waals surface area contributed by atoms with Crippen LogP contribution in [-0.2, 0) is 32.8 Å². The average molecular weight is 394 g/mol. The van der Waals surface area contributed by atoms with Crippen LogP contribution >= 0.6 is 12.2 Å². The van der Waals surface area contributed by atoms with E-state index in [1.807, 2.05) is 24.3 Å². The number of carbonyl (C=O) groups excluding carboxylic acids is 2. The van der Waals surface area contributed by atoms with Gasteiger partial charge in [0.15, 0.2) is 10.6 Å². The Morgan fingerprint density at radius 3 is 2.11 bits per heavy atom. The van der Waals surface area contributed by atoms with E-state index in [1.54, 1.807) is 23.4 Å². The molecule has 0 saturated carbocycles. The van der Waals surface area contributed by atoms with E-state index in [0.717, 1.165) is 11.3 Å². The van der Waals surface area contributed by atoms with Crippen molar-refractivity contribution in [3.8, 4) is 17.1 Å². The first-order chi connectivity index (χ1) is 12.9. The Bertz CT molecular complexity index is 841. The fraction of sp³-hybridized carbons (Fsp3) is 0.412. The molecule has 27 heavy (non-hydrogen) atoms. The number of ether oxygens (including phenoxy) is 3. The number of carbonyl (C=O) groups is 2. The Hall–Kier alpha value is -2.72. The molecule has 9 nitrogen and oxygen atoms in total. The summed E-state index contributed by atoms with van der Waals surface area (Å²) in [5, 5.41) is 4.53. The quantitative estimate of drug-likeness (QED) is 0.488. The molecule has 0 spiro atoms. The van der Waals surface area contributed by atoms with Crippen molar-refractivity contribution in [3.05, 3.63) is 29.0 Å². The highest BCUT2D eigenvalue weighted by Gasteiger charge is 2.18. The Kier molecular flexibility index (Phi) is 7.08. The van der Waals surface area contributed by atoms with Crippen molar-refractivity contribution in [2.75, 3.05) is 34.4 Å². The van der Waals surface area contributed by atoms with Crippen LogP contribution in [0.5, 0.6) is 5.75 Å². The zero-order valence-electron chi connectivity index (χ0n) is 15.7. The second-order valence-electron chi connectivity index (χ2n) is 5.67. The Balaban J connectivity index is 2.29. The van der Waals surface area contributed by atoms with Crippen molar-refractivity contribution in [2.24, 2.45) is 7.05 Å². The number of rotatable bonds is 8. The minimum Gasteiger partial charge on any atom is -0.497 e. The van der Waals surface area contributed by atoms with Gasteiger partial charge in [0.05, 0.1) is 41.1 Å². The largest absolute Gasteiger partial charge is 0.497 e. The lowest BCUT2D eigenvalue weighted by molar-refractivity contribution is -0.146. The number of hydrogen-bond donors (Lipinski definition) is 0. The second kappa shape index (κ2) is 9.28. The molecule has 0 bridgehead atoms. The minimum absolute atomic E-state index is 0.0954. The van der Waals surface area contributed by atoms with Gasteiger partial charge in [-0.3, -0.25) is 14.5 Å². The van der Waals surface area contributed by atoms with Gasteiger partial charge in [0.25, 0.3) is 0 Å². The summed E-state index contributed by atoms with van der Waals surface area (Å²) >= 11 is 5.44. The van der Waals surface area contributed by atoms with Crippen LogP contribution in [0.15, 0.2) is 24.3 Å². The van der Waals surface area contributed by atoms with Crippen LogP contribution in [0.1, 0.15) is 0 Å². The predicted molar refractivity (Wildman–Crippen MR) is 99.6 cm³/mol. The third-order valence-electron chi connectivity index (χ3n) is 3.88. The van der Waals surface area contributed by atoms with Crippen LogP contribution in [0, 0.1) is 4.77 Å². The Morgan fingerprint density at radius 1 is 1.07 bits per heavy atom. The van der Waals surface area contributed by atoms with Gasteiger partial charge < -0.3 is 18.8 Å². The first kappa shape index (κ1) is 20.6. The van der Waals surface area contributed by atoms with Crippen molar-refractivity contribution in [1.82, 2.24) is 19.2 Å². The van der Waals surface area contributed by atoms with E-state index in [9.17, 15) is 9.59 Å². The monoisotopic (exact) mass is 394 g/mol. The highest BCUT2D eigenvalue weighted by atomic mass is 32.1. The Morgan fingerprint density at radius 2 is 1.63 bits per heavy atom. The lowest BCUT2D eigenvalue weighted by Gasteiger charge is -2.19. The molecule has 0 aliphatic heterocycles. The number of benzene rings is 1. The van der Waals surface area contributed by atoms with E-state index in [-0.39, 0.29) is 19.8 Å². The highest BCUT2D eigenvalue weighted by molar-refractivity contribution is 7.71. The molecule has 0 fully saturated rings. The molecule has 0 N–H and O–H groups in total. The highest BCUT2D eigenvalue weighted by Crippen LogP contribution is 2.21. The number of aromatic nitrogens is 3. The molecule has 0 amide bonds. The first-order valence-corrected chi connectivity index (χ1v) is 8.44. The summed E-state index contributed by atoms with van der Waals surface area (Å²) in [6.45, 7) is -0.0589. The molecule has 10 heteroatoms.